The van der Waals surface area contributed by atoms with Crippen molar-refractivity contribution in [1.82, 2.24) is 19.7 Å². The van der Waals surface area contributed by atoms with Gasteiger partial charge in [-0.05, 0) is 37.5 Å². The second kappa shape index (κ2) is 7.64. The van der Waals surface area contributed by atoms with E-state index in [4.69, 9.17) is 9.97 Å². The maximum Gasteiger partial charge on any atom is 0.249 e. The van der Waals surface area contributed by atoms with Crippen LogP contribution in [0.1, 0.15) is 30.2 Å². The zero-order chi connectivity index (χ0) is 21.5. The number of hydrogen-bond acceptors (Lipinski definition) is 6. The highest BCUT2D eigenvalue weighted by molar-refractivity contribution is 6.05. The molecule has 0 fully saturated rings. The molecule has 2 aromatic heterocycles. The lowest BCUT2D eigenvalue weighted by atomic mass is 10.0. The first-order valence-corrected chi connectivity index (χ1v) is 10.4. The topological polar surface area (TPSA) is 79.2 Å². The lowest BCUT2D eigenvalue weighted by Gasteiger charge is -2.41. The van der Waals surface area contributed by atoms with Crippen LogP contribution in [0.2, 0.25) is 0 Å². The number of carbonyl (C=O) groups excluding carboxylic acids is 1. The molecule has 9 heteroatoms. The van der Waals surface area contributed by atoms with Crippen molar-refractivity contribution in [1.29, 1.82) is 0 Å². The molecule has 1 N–H and O–H groups in total. The van der Waals surface area contributed by atoms with Crippen molar-refractivity contribution in [3.63, 3.8) is 0 Å². The van der Waals surface area contributed by atoms with Crippen LogP contribution in [0, 0.1) is 5.82 Å². The van der Waals surface area contributed by atoms with Gasteiger partial charge in [0, 0.05) is 31.9 Å². The third-order valence-electron chi connectivity index (χ3n) is 5.94. The Hall–Kier alpha value is -3.49. The minimum absolute atomic E-state index is 0.105. The lowest BCUT2D eigenvalue weighted by molar-refractivity contribution is -0.119. The molecule has 1 atom stereocenters. The molecule has 0 bridgehead atoms. The summed E-state index contributed by atoms with van der Waals surface area (Å²) in [6, 6.07) is 6.17. The first-order chi connectivity index (χ1) is 15.0. The van der Waals surface area contributed by atoms with E-state index >= 15 is 0 Å². The molecule has 8 nitrogen and oxygen atoms in total. The van der Waals surface area contributed by atoms with Crippen molar-refractivity contribution >= 4 is 23.4 Å². The van der Waals surface area contributed by atoms with E-state index in [1.807, 2.05) is 34.6 Å². The van der Waals surface area contributed by atoms with Gasteiger partial charge in [-0.25, -0.2) is 9.37 Å². The van der Waals surface area contributed by atoms with Gasteiger partial charge in [-0.1, -0.05) is 12.1 Å². The summed E-state index contributed by atoms with van der Waals surface area (Å²) in [7, 11) is 1.90. The van der Waals surface area contributed by atoms with Gasteiger partial charge in [-0.2, -0.15) is 10.1 Å². The van der Waals surface area contributed by atoms with Crippen LogP contribution in [0.5, 0.6) is 0 Å². The van der Waals surface area contributed by atoms with Gasteiger partial charge in [0.15, 0.2) is 5.82 Å². The van der Waals surface area contributed by atoms with E-state index in [1.54, 1.807) is 18.3 Å². The fraction of sp³-hybridized carbons (Fsp3) is 0.364. The Kier molecular flexibility index (Phi) is 4.80. The summed E-state index contributed by atoms with van der Waals surface area (Å²) in [5.74, 6) is 1.21. The van der Waals surface area contributed by atoms with Gasteiger partial charge >= 0.3 is 0 Å². The predicted molar refractivity (Wildman–Crippen MR) is 116 cm³/mol. The third-order valence-corrected chi connectivity index (χ3v) is 5.94. The second-order valence-electron chi connectivity index (χ2n) is 8.07. The molecule has 2 aliphatic rings. The largest absolute Gasteiger partial charge is 0.350 e. The maximum absolute atomic E-state index is 13.1. The fourth-order valence-corrected chi connectivity index (χ4v) is 4.12. The molecule has 0 aliphatic carbocycles. The fourth-order valence-electron chi connectivity index (χ4n) is 4.12. The molecular weight excluding hydrogens is 397 g/mol. The number of amides is 1. The van der Waals surface area contributed by atoms with Gasteiger partial charge in [-0.3, -0.25) is 9.48 Å². The van der Waals surface area contributed by atoms with Crippen LogP contribution in [0.4, 0.5) is 21.8 Å². The molecule has 0 unspecified atom stereocenters. The first-order valence-electron chi connectivity index (χ1n) is 10.4. The van der Waals surface area contributed by atoms with Gasteiger partial charge in [0.05, 0.1) is 18.4 Å². The van der Waals surface area contributed by atoms with Crippen molar-refractivity contribution in [2.45, 2.75) is 38.9 Å². The Bertz CT molecular complexity index is 1130. The van der Waals surface area contributed by atoms with Crippen LogP contribution in [0.15, 0.2) is 36.7 Å². The number of aryl methyl sites for hydroxylation is 1. The zero-order valence-corrected chi connectivity index (χ0v) is 17.5. The van der Waals surface area contributed by atoms with Crippen LogP contribution in [-0.4, -0.2) is 45.3 Å². The molecule has 0 spiro atoms. The Labute approximate surface area is 179 Å². The number of likely N-dealkylation sites (N-methyl/N-ethyl adjacent to an activating group) is 1. The van der Waals surface area contributed by atoms with Crippen molar-refractivity contribution in [2.24, 2.45) is 0 Å². The van der Waals surface area contributed by atoms with Crippen LogP contribution < -0.4 is 15.1 Å². The van der Waals surface area contributed by atoms with Gasteiger partial charge in [-0.15, -0.1) is 0 Å². The smallest absolute Gasteiger partial charge is 0.249 e. The molecule has 160 valence electrons. The van der Waals surface area contributed by atoms with E-state index in [9.17, 15) is 9.18 Å². The molecule has 0 radical (unpaired) electrons. The number of nitrogens with zero attached hydrogens (tertiary/aromatic N) is 6. The summed E-state index contributed by atoms with van der Waals surface area (Å²) in [5.41, 5.74) is 3.75. The summed E-state index contributed by atoms with van der Waals surface area (Å²) in [6.45, 7) is 3.74. The number of benzene rings is 1. The molecule has 5 rings (SSSR count). The Balaban J connectivity index is 1.32. The molecule has 31 heavy (non-hydrogen) atoms. The average molecular weight is 421 g/mol. The number of aromatic nitrogens is 4. The molecule has 1 amide bonds. The molecular formula is C22H24FN7O. The number of nitrogens with one attached hydrogen (secondary N) is 1. The van der Waals surface area contributed by atoms with E-state index in [1.165, 1.54) is 12.1 Å². The third kappa shape index (κ3) is 3.60. The minimum Gasteiger partial charge on any atom is -0.350 e. The van der Waals surface area contributed by atoms with E-state index in [-0.39, 0.29) is 17.8 Å². The standard InChI is InChI=1S/C22H24FN7O/c1-14-21(31)30-9-3-4-18-19(30)20(28(14)2)27-22(26-18)24-10-16-11-25-29(13-16)12-15-5-7-17(23)8-6-15/h5-8,11,13-14H,3-4,9-10,12H2,1-2H3,(H,24,26,27)/t14-/m0/s1. The quantitative estimate of drug-likeness (QED) is 0.682. The molecule has 2 aliphatic heterocycles. The van der Waals surface area contributed by atoms with Crippen LogP contribution in [0.3, 0.4) is 0 Å². The molecule has 4 heterocycles. The Morgan fingerprint density at radius 1 is 1.19 bits per heavy atom. The Morgan fingerprint density at radius 2 is 2.00 bits per heavy atom. The van der Waals surface area contributed by atoms with Crippen molar-refractivity contribution in [2.75, 3.05) is 28.7 Å². The average Bonchev–Trinajstić information content (AvgIpc) is 3.23. The SMILES string of the molecule is C[C@H]1C(=O)N2CCCc3nc(NCc4cnn(Cc5ccc(F)cc5)c4)nc(c32)N1C. The summed E-state index contributed by atoms with van der Waals surface area (Å²) in [5, 5.41) is 7.69. The van der Waals surface area contributed by atoms with Gasteiger partial charge in [0.25, 0.3) is 0 Å². The highest BCUT2D eigenvalue weighted by Gasteiger charge is 2.38. The van der Waals surface area contributed by atoms with E-state index in [2.05, 4.69) is 10.4 Å². The molecule has 0 saturated carbocycles. The molecule has 1 aromatic carbocycles. The van der Waals surface area contributed by atoms with Gasteiger partial charge in [0.2, 0.25) is 11.9 Å². The minimum atomic E-state index is -0.245. The van der Waals surface area contributed by atoms with Crippen LogP contribution in [-0.2, 0) is 24.3 Å². The first kappa shape index (κ1) is 19.5. The van der Waals surface area contributed by atoms with Gasteiger partial charge < -0.3 is 15.1 Å². The normalized spacial score (nSPS) is 17.6. The van der Waals surface area contributed by atoms with Crippen molar-refractivity contribution in [3.8, 4) is 0 Å². The van der Waals surface area contributed by atoms with Crippen LogP contribution in [0.25, 0.3) is 0 Å². The predicted octanol–water partition coefficient (Wildman–Crippen LogP) is 2.59. The zero-order valence-electron chi connectivity index (χ0n) is 17.5. The monoisotopic (exact) mass is 421 g/mol. The maximum atomic E-state index is 13.1. The van der Waals surface area contributed by atoms with E-state index < -0.39 is 0 Å². The molecule has 0 saturated heterocycles. The second-order valence-corrected chi connectivity index (χ2v) is 8.07. The number of anilines is 3. The Morgan fingerprint density at radius 3 is 2.81 bits per heavy atom. The number of halogens is 1. The van der Waals surface area contributed by atoms with E-state index in [0.717, 1.165) is 47.7 Å². The van der Waals surface area contributed by atoms with Crippen molar-refractivity contribution < 1.29 is 9.18 Å². The van der Waals surface area contributed by atoms with E-state index in [0.29, 0.717) is 19.0 Å². The summed E-state index contributed by atoms with van der Waals surface area (Å²) in [4.78, 5) is 25.8. The number of hydrogen-bond donors (Lipinski definition) is 1. The van der Waals surface area contributed by atoms with Gasteiger partial charge in [0.1, 0.15) is 17.5 Å². The highest BCUT2D eigenvalue weighted by atomic mass is 19.1. The number of rotatable bonds is 5. The summed E-state index contributed by atoms with van der Waals surface area (Å²) < 4.78 is 14.9. The highest BCUT2D eigenvalue weighted by Crippen LogP contribution is 2.39. The molecule has 3 aromatic rings. The van der Waals surface area contributed by atoms with Crippen LogP contribution >= 0.6 is 0 Å². The summed E-state index contributed by atoms with van der Waals surface area (Å²) >= 11 is 0. The summed E-state index contributed by atoms with van der Waals surface area (Å²) in [6.07, 6.45) is 5.49. The lowest BCUT2D eigenvalue weighted by Crippen LogP contribution is -2.53. The number of carbonyl (C=O) groups is 1. The van der Waals surface area contributed by atoms with Crippen molar-refractivity contribution in [3.05, 3.63) is 59.3 Å².